The molecule has 0 atom stereocenters. The van der Waals surface area contributed by atoms with Gasteiger partial charge in [0.15, 0.2) is 23.0 Å². The van der Waals surface area contributed by atoms with Gasteiger partial charge in [0.05, 0.1) is 27.9 Å². The monoisotopic (exact) mass is 783 g/mol. The van der Waals surface area contributed by atoms with Crippen LogP contribution in [0.4, 0.5) is 17.3 Å². The van der Waals surface area contributed by atoms with Gasteiger partial charge in [-0.1, -0.05) is 24.3 Å². The number of aryl methyl sites for hydroxylation is 3. The molecule has 57 heavy (non-hydrogen) atoms. The van der Waals surface area contributed by atoms with Crippen LogP contribution < -0.4 is 34.3 Å². The van der Waals surface area contributed by atoms with Crippen LogP contribution in [0.25, 0.3) is 0 Å². The summed E-state index contributed by atoms with van der Waals surface area (Å²) in [7, 11) is 6.83. The summed E-state index contributed by atoms with van der Waals surface area (Å²) in [5.41, 5.74) is 4.09. The number of nitrogens with one attached hydrogen (secondary N) is 2. The highest BCUT2D eigenvalue weighted by atomic mass is 16.5. The Morgan fingerprint density at radius 1 is 0.860 bits per heavy atom. The molecule has 0 radical (unpaired) electrons. The number of likely N-dealkylation sites (N-methyl/N-ethyl adjacent to an activating group) is 1. The lowest BCUT2D eigenvalue weighted by Gasteiger charge is -2.32. The third-order valence-electron chi connectivity index (χ3n) is 10.1. The minimum absolute atomic E-state index is 0.00164. The van der Waals surface area contributed by atoms with Crippen LogP contribution in [0, 0.1) is 13.8 Å². The molecule has 1 aromatic heterocycles. The van der Waals surface area contributed by atoms with E-state index >= 15 is 0 Å². The average Bonchev–Trinajstić information content (AvgIpc) is 3.21. The van der Waals surface area contributed by atoms with E-state index in [0.717, 1.165) is 55.8 Å². The molecule has 2 N–H and O–H groups in total. The van der Waals surface area contributed by atoms with Crippen LogP contribution in [-0.2, 0) is 11.2 Å². The molecule has 1 saturated heterocycles. The van der Waals surface area contributed by atoms with Gasteiger partial charge in [0.25, 0.3) is 5.91 Å². The predicted molar refractivity (Wildman–Crippen MR) is 222 cm³/mol. The first-order valence-corrected chi connectivity index (χ1v) is 19.5. The van der Waals surface area contributed by atoms with E-state index in [1.165, 1.54) is 13.3 Å². The molecule has 1 fully saturated rings. The van der Waals surface area contributed by atoms with Gasteiger partial charge in [-0.25, -0.2) is 4.98 Å². The topological polar surface area (TPSA) is 140 Å². The first-order chi connectivity index (χ1) is 27.6. The van der Waals surface area contributed by atoms with Crippen molar-refractivity contribution in [2.45, 2.75) is 47.0 Å². The highest BCUT2D eigenvalue weighted by Gasteiger charge is 2.22. The molecule has 306 valence electrons. The molecule has 5 rings (SSSR count). The zero-order valence-corrected chi connectivity index (χ0v) is 34.6. The fraction of sp³-hybridized carbons (Fsp3) is 0.442. The van der Waals surface area contributed by atoms with Gasteiger partial charge in [-0.2, -0.15) is 4.98 Å². The lowest BCUT2D eigenvalue weighted by atomic mass is 10.1. The van der Waals surface area contributed by atoms with Crippen LogP contribution in [0.15, 0.2) is 54.7 Å². The highest BCUT2D eigenvalue weighted by molar-refractivity contribution is 6.06. The molecule has 14 nitrogen and oxygen atoms in total. The fourth-order valence-electron chi connectivity index (χ4n) is 6.65. The van der Waals surface area contributed by atoms with E-state index in [2.05, 4.69) is 37.4 Å². The van der Waals surface area contributed by atoms with Crippen LogP contribution in [0.5, 0.6) is 34.6 Å². The number of anilines is 3. The van der Waals surface area contributed by atoms with E-state index in [4.69, 9.17) is 23.7 Å². The summed E-state index contributed by atoms with van der Waals surface area (Å²) in [6.07, 6.45) is 3.18. The van der Waals surface area contributed by atoms with Gasteiger partial charge in [-0.3, -0.25) is 9.59 Å². The summed E-state index contributed by atoms with van der Waals surface area (Å²) < 4.78 is 29.7. The van der Waals surface area contributed by atoms with Crippen molar-refractivity contribution in [3.05, 3.63) is 77.0 Å². The minimum Gasteiger partial charge on any atom is -0.493 e. The van der Waals surface area contributed by atoms with Gasteiger partial charge in [0.1, 0.15) is 5.56 Å². The lowest BCUT2D eigenvalue weighted by molar-refractivity contribution is -0.130. The summed E-state index contributed by atoms with van der Waals surface area (Å²) in [4.78, 5) is 42.3. The highest BCUT2D eigenvalue weighted by Crippen LogP contribution is 2.41. The Kier molecular flexibility index (Phi) is 15.3. The van der Waals surface area contributed by atoms with E-state index in [0.29, 0.717) is 72.7 Å². The van der Waals surface area contributed by atoms with Gasteiger partial charge >= 0.3 is 0 Å². The summed E-state index contributed by atoms with van der Waals surface area (Å²) in [6.45, 7) is 14.8. The number of benzene rings is 3. The zero-order valence-electron chi connectivity index (χ0n) is 34.6. The molecule has 0 unspecified atom stereocenters. The van der Waals surface area contributed by atoms with Crippen molar-refractivity contribution in [2.75, 3.05) is 91.4 Å². The Labute approximate surface area is 336 Å². The zero-order chi connectivity index (χ0) is 40.9. The van der Waals surface area contributed by atoms with Crippen molar-refractivity contribution >= 4 is 29.1 Å². The Morgan fingerprint density at radius 2 is 1.53 bits per heavy atom. The molecule has 14 heteroatoms. The molecular formula is C43H57N7O7. The molecule has 1 aliphatic rings. The number of piperazine rings is 1. The number of aromatic nitrogens is 2. The largest absolute Gasteiger partial charge is 0.493 e. The summed E-state index contributed by atoms with van der Waals surface area (Å²) in [5.74, 6) is 2.00. The molecule has 0 aliphatic carbocycles. The summed E-state index contributed by atoms with van der Waals surface area (Å²) in [5, 5.41) is 6.22. The second-order valence-corrected chi connectivity index (χ2v) is 14.0. The van der Waals surface area contributed by atoms with E-state index in [-0.39, 0.29) is 23.3 Å². The van der Waals surface area contributed by atoms with Crippen molar-refractivity contribution in [1.82, 2.24) is 24.7 Å². The van der Waals surface area contributed by atoms with Crippen molar-refractivity contribution in [1.29, 1.82) is 0 Å². The van der Waals surface area contributed by atoms with Crippen LogP contribution in [0.1, 0.15) is 53.7 Å². The molecule has 2 heterocycles. The number of hydrogen-bond acceptors (Lipinski definition) is 12. The number of amides is 2. The first kappa shape index (κ1) is 42.5. The van der Waals surface area contributed by atoms with Crippen LogP contribution in [-0.4, -0.2) is 117 Å². The maximum atomic E-state index is 13.9. The van der Waals surface area contributed by atoms with Crippen molar-refractivity contribution in [2.24, 2.45) is 0 Å². The van der Waals surface area contributed by atoms with Gasteiger partial charge in [0.2, 0.25) is 23.5 Å². The summed E-state index contributed by atoms with van der Waals surface area (Å²) >= 11 is 0. The maximum Gasteiger partial charge on any atom is 0.262 e. The van der Waals surface area contributed by atoms with Crippen molar-refractivity contribution in [3.8, 4) is 34.6 Å². The fourth-order valence-corrected chi connectivity index (χ4v) is 6.65. The van der Waals surface area contributed by atoms with Gasteiger partial charge in [0, 0.05) is 81.9 Å². The smallest absolute Gasteiger partial charge is 0.262 e. The standard InChI is InChI=1S/C43H57N7O7/c1-9-50(10-2)38(51)18-16-31-15-17-34(35(25-31)53-6)57-42-33(41(52)46-39-29(3)13-11-14-30(39)4)28-44-43(47-42)45-32-26-36(54-7)40(37(27-32)55-8)56-24-12-19-49-22-20-48(5)21-23-49/h11,13-15,17,25-28H,9-10,12,16,18-24H2,1-8H3,(H,46,52)(H,44,45,47). The lowest BCUT2D eigenvalue weighted by Crippen LogP contribution is -2.44. The molecule has 2 amide bonds. The number of methoxy groups -OCH3 is 3. The molecule has 0 saturated carbocycles. The number of rotatable bonds is 19. The third-order valence-corrected chi connectivity index (χ3v) is 10.1. The SMILES string of the molecule is CCN(CC)C(=O)CCc1ccc(Oc2nc(Nc3cc(OC)c(OCCCN4CCN(C)CC4)c(OC)c3)ncc2C(=O)Nc2c(C)cccc2C)c(OC)c1. The molecule has 1 aliphatic heterocycles. The first-order valence-electron chi connectivity index (χ1n) is 19.5. The molecule has 0 spiro atoms. The van der Waals surface area contributed by atoms with Crippen molar-refractivity contribution < 1.29 is 33.3 Å². The van der Waals surface area contributed by atoms with Crippen molar-refractivity contribution in [3.63, 3.8) is 0 Å². The Balaban J connectivity index is 1.39. The third kappa shape index (κ3) is 11.3. The Bertz CT molecular complexity index is 1930. The number of para-hydroxylation sites is 1. The number of hydrogen-bond donors (Lipinski definition) is 2. The number of carbonyl (C=O) groups is 2. The molecule has 3 aromatic carbocycles. The quantitative estimate of drug-likeness (QED) is 0.0976. The van der Waals surface area contributed by atoms with Crippen LogP contribution in [0.3, 0.4) is 0 Å². The second kappa shape index (κ2) is 20.5. The maximum absolute atomic E-state index is 13.9. The van der Waals surface area contributed by atoms with E-state index < -0.39 is 5.91 Å². The number of carbonyl (C=O) groups excluding carboxylic acids is 2. The van der Waals surface area contributed by atoms with Gasteiger partial charge < -0.3 is 49.0 Å². The van der Waals surface area contributed by atoms with Crippen LogP contribution in [0.2, 0.25) is 0 Å². The molecular weight excluding hydrogens is 727 g/mol. The minimum atomic E-state index is -0.447. The average molecular weight is 784 g/mol. The van der Waals surface area contributed by atoms with E-state index in [9.17, 15) is 9.59 Å². The molecule has 4 aromatic rings. The van der Waals surface area contributed by atoms with Gasteiger partial charge in [-0.05, 0) is 76.4 Å². The Morgan fingerprint density at radius 3 is 2.16 bits per heavy atom. The van der Waals surface area contributed by atoms with Crippen LogP contribution >= 0.6 is 0 Å². The number of nitrogens with zero attached hydrogens (tertiary/aromatic N) is 5. The molecule has 0 bridgehead atoms. The predicted octanol–water partition coefficient (Wildman–Crippen LogP) is 6.72. The van der Waals surface area contributed by atoms with E-state index in [1.54, 1.807) is 32.4 Å². The Hall–Kier alpha value is -5.60. The number of ether oxygens (including phenoxy) is 5. The normalized spacial score (nSPS) is 13.1. The van der Waals surface area contributed by atoms with Gasteiger partial charge in [-0.15, -0.1) is 0 Å². The van der Waals surface area contributed by atoms with E-state index in [1.807, 2.05) is 62.9 Å². The summed E-state index contributed by atoms with van der Waals surface area (Å²) in [6, 6.07) is 14.8. The second-order valence-electron chi connectivity index (χ2n) is 14.0.